The summed E-state index contributed by atoms with van der Waals surface area (Å²) >= 11 is 3.37. The maximum Gasteiger partial charge on any atom is 0.293 e. The summed E-state index contributed by atoms with van der Waals surface area (Å²) in [5.74, 6) is -1.06. The van der Waals surface area contributed by atoms with Gasteiger partial charge in [-0.05, 0) is 30.8 Å². The standard InChI is InChI=1S/C18H18FN5O3S3/c1-2-20-16-22-23-17(30-16)28-10-14(25)21-7-8-24-15(26)13(29-18(24)27)9-11-5-3-4-6-12(11)19/h3-6,9H,2,7-8,10H2,1H3,(H,20,22)(H,21,25)/b13-9-. The van der Waals surface area contributed by atoms with Crippen molar-refractivity contribution < 1.29 is 18.8 Å². The van der Waals surface area contributed by atoms with Gasteiger partial charge in [0.05, 0.1) is 10.7 Å². The monoisotopic (exact) mass is 467 g/mol. The van der Waals surface area contributed by atoms with Gasteiger partial charge in [-0.3, -0.25) is 19.3 Å². The fraction of sp³-hybridized carbons (Fsp3) is 0.278. The summed E-state index contributed by atoms with van der Waals surface area (Å²) in [7, 11) is 0. The van der Waals surface area contributed by atoms with E-state index in [1.54, 1.807) is 12.1 Å². The van der Waals surface area contributed by atoms with E-state index in [4.69, 9.17) is 0 Å². The van der Waals surface area contributed by atoms with E-state index in [2.05, 4.69) is 20.8 Å². The molecule has 3 rings (SSSR count). The van der Waals surface area contributed by atoms with Crippen LogP contribution in [-0.4, -0.2) is 57.5 Å². The molecule has 158 valence electrons. The Morgan fingerprint density at radius 1 is 1.30 bits per heavy atom. The second-order valence-corrected chi connectivity index (χ2v) is 9.09. The van der Waals surface area contributed by atoms with Gasteiger partial charge in [0, 0.05) is 25.2 Å². The number of nitrogens with zero attached hydrogens (tertiary/aromatic N) is 3. The lowest BCUT2D eigenvalue weighted by Crippen LogP contribution is -2.37. The largest absolute Gasteiger partial charge is 0.360 e. The van der Waals surface area contributed by atoms with Crippen LogP contribution in [0.2, 0.25) is 0 Å². The fourth-order valence-electron chi connectivity index (χ4n) is 2.40. The minimum Gasteiger partial charge on any atom is -0.360 e. The van der Waals surface area contributed by atoms with E-state index in [1.165, 1.54) is 41.3 Å². The van der Waals surface area contributed by atoms with Crippen LogP contribution in [0.15, 0.2) is 33.5 Å². The second kappa shape index (κ2) is 10.5. The van der Waals surface area contributed by atoms with Crippen molar-refractivity contribution in [1.29, 1.82) is 0 Å². The first-order valence-electron chi connectivity index (χ1n) is 8.94. The van der Waals surface area contributed by atoms with Crippen molar-refractivity contribution >= 4 is 63.1 Å². The first-order chi connectivity index (χ1) is 14.5. The molecule has 0 atom stereocenters. The summed E-state index contributed by atoms with van der Waals surface area (Å²) in [5.41, 5.74) is 0.238. The zero-order valence-electron chi connectivity index (χ0n) is 15.9. The van der Waals surface area contributed by atoms with Crippen molar-refractivity contribution in [3.05, 3.63) is 40.6 Å². The SMILES string of the molecule is CCNc1nnc(SCC(=O)NCCN2C(=O)S/C(=C\c3ccccc3F)C2=O)s1. The van der Waals surface area contributed by atoms with E-state index in [-0.39, 0.29) is 35.2 Å². The summed E-state index contributed by atoms with van der Waals surface area (Å²) in [4.78, 5) is 37.7. The predicted molar refractivity (Wildman–Crippen MR) is 117 cm³/mol. The van der Waals surface area contributed by atoms with Crippen molar-refractivity contribution in [3.63, 3.8) is 0 Å². The molecule has 8 nitrogen and oxygen atoms in total. The molecule has 1 aliphatic rings. The molecule has 0 saturated carbocycles. The Morgan fingerprint density at radius 2 is 2.10 bits per heavy atom. The van der Waals surface area contributed by atoms with E-state index in [0.29, 0.717) is 9.47 Å². The molecule has 0 aliphatic carbocycles. The van der Waals surface area contributed by atoms with E-state index in [1.807, 2.05) is 6.92 Å². The van der Waals surface area contributed by atoms with Gasteiger partial charge in [-0.15, -0.1) is 10.2 Å². The van der Waals surface area contributed by atoms with Crippen molar-refractivity contribution in [1.82, 2.24) is 20.4 Å². The molecule has 2 heterocycles. The molecule has 1 saturated heterocycles. The summed E-state index contributed by atoms with van der Waals surface area (Å²) in [6.45, 7) is 2.86. The van der Waals surface area contributed by atoms with Gasteiger partial charge in [-0.2, -0.15) is 0 Å². The van der Waals surface area contributed by atoms with E-state index < -0.39 is 17.0 Å². The zero-order chi connectivity index (χ0) is 21.5. The quantitative estimate of drug-likeness (QED) is 0.428. The van der Waals surface area contributed by atoms with Gasteiger partial charge in [-0.25, -0.2) is 4.39 Å². The summed E-state index contributed by atoms with van der Waals surface area (Å²) in [5, 5.41) is 13.9. The van der Waals surface area contributed by atoms with Crippen LogP contribution in [0.25, 0.3) is 6.08 Å². The Kier molecular flexibility index (Phi) is 7.82. The Labute approximate surface area is 184 Å². The number of aromatic nitrogens is 2. The van der Waals surface area contributed by atoms with Gasteiger partial charge in [0.2, 0.25) is 11.0 Å². The van der Waals surface area contributed by atoms with Crippen LogP contribution in [0.1, 0.15) is 12.5 Å². The zero-order valence-corrected chi connectivity index (χ0v) is 18.3. The van der Waals surface area contributed by atoms with Crippen LogP contribution in [0.3, 0.4) is 0 Å². The highest BCUT2D eigenvalue weighted by Gasteiger charge is 2.34. The number of benzene rings is 1. The van der Waals surface area contributed by atoms with E-state index >= 15 is 0 Å². The highest BCUT2D eigenvalue weighted by Crippen LogP contribution is 2.32. The summed E-state index contributed by atoms with van der Waals surface area (Å²) < 4.78 is 14.4. The lowest BCUT2D eigenvalue weighted by Gasteiger charge is -2.12. The van der Waals surface area contributed by atoms with Crippen LogP contribution < -0.4 is 10.6 Å². The number of carbonyl (C=O) groups is 3. The van der Waals surface area contributed by atoms with E-state index in [0.717, 1.165) is 23.2 Å². The summed E-state index contributed by atoms with van der Waals surface area (Å²) in [6, 6.07) is 6.01. The Balaban J connectivity index is 1.46. The lowest BCUT2D eigenvalue weighted by molar-refractivity contribution is -0.123. The maximum atomic E-state index is 13.8. The first kappa shape index (κ1) is 22.2. The molecule has 2 aromatic rings. The molecule has 0 spiro atoms. The number of hydrogen-bond donors (Lipinski definition) is 2. The Bertz CT molecular complexity index is 981. The van der Waals surface area contributed by atoms with Crippen LogP contribution >= 0.6 is 34.9 Å². The molecule has 1 aromatic carbocycles. The molecular weight excluding hydrogens is 449 g/mol. The van der Waals surface area contributed by atoms with Gasteiger partial charge < -0.3 is 10.6 Å². The number of hydrogen-bond acceptors (Lipinski definition) is 9. The van der Waals surface area contributed by atoms with Crippen LogP contribution in [0.5, 0.6) is 0 Å². The van der Waals surface area contributed by atoms with Crippen molar-refractivity contribution in [2.45, 2.75) is 11.3 Å². The number of carbonyl (C=O) groups excluding carboxylic acids is 3. The predicted octanol–water partition coefficient (Wildman–Crippen LogP) is 3.05. The molecular formula is C18H18FN5O3S3. The molecule has 30 heavy (non-hydrogen) atoms. The molecule has 0 radical (unpaired) electrons. The average Bonchev–Trinajstić information content (AvgIpc) is 3.28. The number of imide groups is 1. The fourth-order valence-corrected chi connectivity index (χ4v) is 4.91. The first-order valence-corrected chi connectivity index (χ1v) is 11.6. The third-order valence-electron chi connectivity index (χ3n) is 3.78. The minimum absolute atomic E-state index is 0.0407. The Morgan fingerprint density at radius 3 is 2.87 bits per heavy atom. The van der Waals surface area contributed by atoms with Gasteiger partial charge >= 0.3 is 0 Å². The van der Waals surface area contributed by atoms with Crippen molar-refractivity contribution in [2.75, 3.05) is 30.7 Å². The number of rotatable bonds is 9. The van der Waals surface area contributed by atoms with Gasteiger partial charge in [0.25, 0.3) is 11.1 Å². The number of thioether (sulfide) groups is 2. The third kappa shape index (κ3) is 5.80. The molecule has 1 fully saturated rings. The van der Waals surface area contributed by atoms with Crippen LogP contribution in [0, 0.1) is 5.82 Å². The molecule has 2 N–H and O–H groups in total. The normalized spacial score (nSPS) is 15.1. The number of halogens is 1. The molecule has 3 amide bonds. The summed E-state index contributed by atoms with van der Waals surface area (Å²) in [6.07, 6.45) is 1.36. The highest BCUT2D eigenvalue weighted by molar-refractivity contribution is 8.18. The molecule has 12 heteroatoms. The van der Waals surface area contributed by atoms with Gasteiger partial charge in [0.1, 0.15) is 5.82 Å². The number of nitrogens with one attached hydrogen (secondary N) is 2. The van der Waals surface area contributed by atoms with Gasteiger partial charge in [-0.1, -0.05) is 41.3 Å². The minimum atomic E-state index is -0.498. The van der Waals surface area contributed by atoms with E-state index in [9.17, 15) is 18.8 Å². The van der Waals surface area contributed by atoms with Crippen molar-refractivity contribution in [2.24, 2.45) is 0 Å². The smallest absolute Gasteiger partial charge is 0.293 e. The molecule has 1 aliphatic heterocycles. The molecule has 0 bridgehead atoms. The lowest BCUT2D eigenvalue weighted by atomic mass is 10.2. The topological polar surface area (TPSA) is 104 Å². The number of amides is 3. The van der Waals surface area contributed by atoms with Crippen molar-refractivity contribution in [3.8, 4) is 0 Å². The Hall–Kier alpha value is -2.44. The highest BCUT2D eigenvalue weighted by atomic mass is 32.2. The van der Waals surface area contributed by atoms with Crippen LogP contribution in [-0.2, 0) is 9.59 Å². The average molecular weight is 468 g/mol. The molecule has 0 unspecified atom stereocenters. The maximum absolute atomic E-state index is 13.8. The third-order valence-corrected chi connectivity index (χ3v) is 6.71. The van der Waals surface area contributed by atoms with Gasteiger partial charge in [0.15, 0.2) is 4.34 Å². The molecule has 1 aromatic heterocycles. The van der Waals surface area contributed by atoms with Crippen LogP contribution in [0.4, 0.5) is 14.3 Å². The second-order valence-electron chi connectivity index (χ2n) is 5.90. The number of anilines is 1.